The Morgan fingerprint density at radius 1 is 1.12 bits per heavy atom. The largest absolute Gasteiger partial charge is 0.352 e. The molecule has 0 bridgehead atoms. The molecule has 26 heavy (non-hydrogen) atoms. The van der Waals surface area contributed by atoms with Crippen molar-refractivity contribution in [3.63, 3.8) is 0 Å². The standard InChI is InChI=1S/C19H20N2O4S/c1-14-13-26(24,25)21(19(14)23)17-9-7-16(8-10-17)18(22)20-12-11-15-5-3-2-4-6-15/h2-10,14H,11-13H2,1H3,(H,20,22). The van der Waals surface area contributed by atoms with Crippen molar-refractivity contribution in [1.82, 2.24) is 5.32 Å². The van der Waals surface area contributed by atoms with Crippen LogP contribution in [0, 0.1) is 5.92 Å². The van der Waals surface area contributed by atoms with E-state index in [1.54, 1.807) is 6.92 Å². The number of hydrogen-bond acceptors (Lipinski definition) is 4. The Hall–Kier alpha value is -2.67. The molecule has 1 N–H and O–H groups in total. The van der Waals surface area contributed by atoms with Crippen LogP contribution >= 0.6 is 0 Å². The van der Waals surface area contributed by atoms with Gasteiger partial charge < -0.3 is 5.32 Å². The van der Waals surface area contributed by atoms with E-state index >= 15 is 0 Å². The van der Waals surface area contributed by atoms with Crippen LogP contribution in [-0.2, 0) is 21.2 Å². The molecule has 136 valence electrons. The third-order valence-electron chi connectivity index (χ3n) is 4.27. The molecule has 0 spiro atoms. The van der Waals surface area contributed by atoms with Gasteiger partial charge in [-0.2, -0.15) is 0 Å². The van der Waals surface area contributed by atoms with E-state index in [0.717, 1.165) is 16.3 Å². The summed E-state index contributed by atoms with van der Waals surface area (Å²) < 4.78 is 25.0. The van der Waals surface area contributed by atoms with Crippen LogP contribution in [0.2, 0.25) is 0 Å². The van der Waals surface area contributed by atoms with E-state index in [-0.39, 0.29) is 17.3 Å². The first kappa shape index (κ1) is 18.1. The molecule has 1 fully saturated rings. The molecule has 0 saturated carbocycles. The van der Waals surface area contributed by atoms with Gasteiger partial charge in [-0.15, -0.1) is 0 Å². The van der Waals surface area contributed by atoms with Gasteiger partial charge in [0.25, 0.3) is 5.91 Å². The van der Waals surface area contributed by atoms with Gasteiger partial charge in [-0.3, -0.25) is 9.59 Å². The van der Waals surface area contributed by atoms with Gasteiger partial charge in [-0.05, 0) is 36.2 Å². The number of amides is 2. The van der Waals surface area contributed by atoms with Crippen LogP contribution in [0.15, 0.2) is 54.6 Å². The monoisotopic (exact) mass is 372 g/mol. The molecule has 0 aromatic heterocycles. The van der Waals surface area contributed by atoms with Crippen LogP contribution in [-0.4, -0.2) is 32.5 Å². The SMILES string of the molecule is CC1CS(=O)(=O)N(c2ccc(C(=O)NCCc3ccccc3)cc2)C1=O. The minimum absolute atomic E-state index is 0.187. The summed E-state index contributed by atoms with van der Waals surface area (Å²) in [6.45, 7) is 2.09. The second-order valence-electron chi connectivity index (χ2n) is 6.32. The van der Waals surface area contributed by atoms with Crippen molar-refractivity contribution in [1.29, 1.82) is 0 Å². The van der Waals surface area contributed by atoms with Gasteiger partial charge >= 0.3 is 0 Å². The Balaban J connectivity index is 1.64. The fourth-order valence-corrected chi connectivity index (χ4v) is 4.72. The van der Waals surface area contributed by atoms with E-state index in [2.05, 4.69) is 5.32 Å². The normalized spacial score (nSPS) is 18.7. The van der Waals surface area contributed by atoms with Gasteiger partial charge in [-0.25, -0.2) is 12.7 Å². The summed E-state index contributed by atoms with van der Waals surface area (Å²) in [6.07, 6.45) is 0.725. The first-order valence-corrected chi connectivity index (χ1v) is 9.98. The summed E-state index contributed by atoms with van der Waals surface area (Å²) in [5, 5.41) is 2.83. The second kappa shape index (κ2) is 7.29. The highest BCUT2D eigenvalue weighted by molar-refractivity contribution is 7.94. The maximum absolute atomic E-state index is 12.2. The molecule has 2 amide bonds. The number of sulfonamides is 1. The molecule has 1 atom stereocenters. The smallest absolute Gasteiger partial charge is 0.251 e. The number of nitrogens with zero attached hydrogens (tertiary/aromatic N) is 1. The lowest BCUT2D eigenvalue weighted by Crippen LogP contribution is -2.30. The first-order chi connectivity index (χ1) is 12.4. The molecule has 7 heteroatoms. The zero-order chi connectivity index (χ0) is 18.7. The lowest BCUT2D eigenvalue weighted by molar-refractivity contribution is -0.119. The number of benzene rings is 2. The van der Waals surface area contributed by atoms with Crippen molar-refractivity contribution in [2.24, 2.45) is 5.92 Å². The molecule has 1 aliphatic heterocycles. The summed E-state index contributed by atoms with van der Waals surface area (Å²) in [6, 6.07) is 15.9. The molecule has 3 rings (SSSR count). The maximum Gasteiger partial charge on any atom is 0.251 e. The molecular weight excluding hydrogens is 352 g/mol. The fraction of sp³-hybridized carbons (Fsp3) is 0.263. The van der Waals surface area contributed by atoms with Gasteiger partial charge in [-0.1, -0.05) is 37.3 Å². The van der Waals surface area contributed by atoms with Gasteiger partial charge in [0.2, 0.25) is 15.9 Å². The van der Waals surface area contributed by atoms with Crippen molar-refractivity contribution in [2.75, 3.05) is 16.6 Å². The molecule has 0 radical (unpaired) electrons. The predicted molar refractivity (Wildman–Crippen MR) is 99.4 cm³/mol. The van der Waals surface area contributed by atoms with E-state index < -0.39 is 21.8 Å². The first-order valence-electron chi connectivity index (χ1n) is 8.37. The molecule has 1 unspecified atom stereocenters. The number of carbonyl (C=O) groups is 2. The maximum atomic E-state index is 12.2. The van der Waals surface area contributed by atoms with Crippen LogP contribution in [0.3, 0.4) is 0 Å². The Bertz CT molecular complexity index is 908. The van der Waals surface area contributed by atoms with Crippen LogP contribution in [0.4, 0.5) is 5.69 Å². The van der Waals surface area contributed by atoms with Crippen molar-refractivity contribution < 1.29 is 18.0 Å². The summed E-state index contributed by atoms with van der Waals surface area (Å²) in [7, 11) is -3.63. The highest BCUT2D eigenvalue weighted by atomic mass is 32.2. The second-order valence-corrected chi connectivity index (χ2v) is 8.18. The number of nitrogens with one attached hydrogen (secondary N) is 1. The van der Waals surface area contributed by atoms with Gasteiger partial charge in [0.05, 0.1) is 17.4 Å². The van der Waals surface area contributed by atoms with E-state index in [0.29, 0.717) is 12.1 Å². The Labute approximate surface area is 152 Å². The number of anilines is 1. The average Bonchev–Trinajstić information content (AvgIpc) is 2.83. The van der Waals surface area contributed by atoms with Crippen LogP contribution in [0.5, 0.6) is 0 Å². The lowest BCUT2D eigenvalue weighted by Gasteiger charge is -2.15. The Morgan fingerprint density at radius 2 is 1.77 bits per heavy atom. The van der Waals surface area contributed by atoms with Gasteiger partial charge in [0, 0.05) is 12.1 Å². The summed E-state index contributed by atoms with van der Waals surface area (Å²) in [4.78, 5) is 24.3. The fourth-order valence-electron chi connectivity index (χ4n) is 2.90. The lowest BCUT2D eigenvalue weighted by atomic mass is 10.1. The third kappa shape index (κ3) is 3.77. The van der Waals surface area contributed by atoms with Crippen molar-refractivity contribution in [3.8, 4) is 0 Å². The minimum Gasteiger partial charge on any atom is -0.352 e. The zero-order valence-electron chi connectivity index (χ0n) is 14.4. The summed E-state index contributed by atoms with van der Waals surface area (Å²) >= 11 is 0. The van der Waals surface area contributed by atoms with E-state index in [1.807, 2.05) is 30.3 Å². The van der Waals surface area contributed by atoms with Gasteiger partial charge in [0.15, 0.2) is 0 Å². The number of carbonyl (C=O) groups excluding carboxylic acids is 2. The van der Waals surface area contributed by atoms with Gasteiger partial charge in [0.1, 0.15) is 0 Å². The molecule has 2 aromatic rings. The van der Waals surface area contributed by atoms with Crippen LogP contribution < -0.4 is 9.62 Å². The van der Waals surface area contributed by atoms with Crippen molar-refractivity contribution in [3.05, 3.63) is 65.7 Å². The molecule has 2 aromatic carbocycles. The summed E-state index contributed by atoms with van der Waals surface area (Å²) in [5.74, 6) is -1.42. The molecule has 1 saturated heterocycles. The van der Waals surface area contributed by atoms with Crippen LogP contribution in [0.25, 0.3) is 0 Å². The topological polar surface area (TPSA) is 83.6 Å². The van der Waals surface area contributed by atoms with E-state index in [1.165, 1.54) is 24.3 Å². The molecule has 1 heterocycles. The van der Waals surface area contributed by atoms with E-state index in [9.17, 15) is 18.0 Å². The minimum atomic E-state index is -3.63. The quantitative estimate of drug-likeness (QED) is 0.870. The average molecular weight is 372 g/mol. The van der Waals surface area contributed by atoms with Crippen molar-refractivity contribution >= 4 is 27.5 Å². The van der Waals surface area contributed by atoms with E-state index in [4.69, 9.17) is 0 Å². The Kier molecular flexibility index (Phi) is 5.08. The highest BCUT2D eigenvalue weighted by Crippen LogP contribution is 2.28. The molecule has 6 nitrogen and oxygen atoms in total. The Morgan fingerprint density at radius 3 is 2.35 bits per heavy atom. The third-order valence-corrected chi connectivity index (χ3v) is 6.13. The summed E-state index contributed by atoms with van der Waals surface area (Å²) in [5.41, 5.74) is 1.81. The molecular formula is C19H20N2O4S. The number of hydrogen-bond donors (Lipinski definition) is 1. The molecule has 1 aliphatic rings. The number of rotatable bonds is 5. The van der Waals surface area contributed by atoms with Crippen LogP contribution in [0.1, 0.15) is 22.8 Å². The van der Waals surface area contributed by atoms with Crippen molar-refractivity contribution in [2.45, 2.75) is 13.3 Å². The molecule has 0 aliphatic carbocycles. The zero-order valence-corrected chi connectivity index (χ0v) is 15.2. The predicted octanol–water partition coefficient (Wildman–Crippen LogP) is 1.97. The highest BCUT2D eigenvalue weighted by Gasteiger charge is 2.41.